The molecule has 0 aromatic heterocycles. The Hall–Kier alpha value is -0.200. The number of fused-ring (bicyclic) bond motifs is 1. The van der Waals surface area contributed by atoms with Gasteiger partial charge in [0.1, 0.15) is 12.2 Å². The molecule has 0 aromatic rings. The molecule has 0 amide bonds. The number of hydrogen-bond donors (Lipinski definition) is 4. The van der Waals surface area contributed by atoms with Crippen LogP contribution in [0.15, 0.2) is 0 Å². The third-order valence-electron chi connectivity index (χ3n) is 2.86. The summed E-state index contributed by atoms with van der Waals surface area (Å²) in [5, 5.41) is 31.6. The third-order valence-corrected chi connectivity index (χ3v) is 2.86. The molecule has 0 aliphatic carbocycles. The third kappa shape index (κ3) is 1.58. The lowest BCUT2D eigenvalue weighted by atomic mass is 9.97. The van der Waals surface area contributed by atoms with Gasteiger partial charge in [-0.15, -0.1) is 0 Å². The van der Waals surface area contributed by atoms with Gasteiger partial charge in [0.05, 0.1) is 12.3 Å². The fourth-order valence-corrected chi connectivity index (χ4v) is 2.10. The fourth-order valence-electron chi connectivity index (χ4n) is 2.10. The van der Waals surface area contributed by atoms with Crippen LogP contribution in [0.1, 0.15) is 6.42 Å². The van der Waals surface area contributed by atoms with Crippen molar-refractivity contribution in [3.63, 3.8) is 0 Å². The highest BCUT2D eigenvalue weighted by Crippen LogP contribution is 2.19. The first kappa shape index (κ1) is 9.36. The Labute approximate surface area is 77.0 Å². The summed E-state index contributed by atoms with van der Waals surface area (Å²) in [5.74, 6) is 0. The maximum Gasteiger partial charge on any atom is 0.111 e. The summed E-state index contributed by atoms with van der Waals surface area (Å²) in [7, 11) is 0. The highest BCUT2D eigenvalue weighted by molar-refractivity contribution is 4.94. The predicted molar refractivity (Wildman–Crippen MR) is 46.0 cm³/mol. The highest BCUT2D eigenvalue weighted by Gasteiger charge is 2.41. The molecule has 2 aliphatic rings. The Morgan fingerprint density at radius 2 is 1.92 bits per heavy atom. The van der Waals surface area contributed by atoms with Crippen LogP contribution < -0.4 is 5.32 Å². The zero-order valence-electron chi connectivity index (χ0n) is 7.43. The molecule has 0 spiro atoms. The van der Waals surface area contributed by atoms with E-state index in [1.807, 2.05) is 4.90 Å². The minimum atomic E-state index is -1.02. The van der Waals surface area contributed by atoms with Crippen LogP contribution >= 0.6 is 0 Å². The molecule has 2 saturated heterocycles. The van der Waals surface area contributed by atoms with Crippen LogP contribution in [0.3, 0.4) is 0 Å². The summed E-state index contributed by atoms with van der Waals surface area (Å²) in [6.07, 6.45) is -1.90. The number of aliphatic hydroxyl groups excluding tert-OH is 3. The minimum absolute atomic E-state index is 0.188. The molecule has 0 aromatic carbocycles. The molecule has 4 N–H and O–H groups in total. The lowest BCUT2D eigenvalue weighted by molar-refractivity contribution is -0.149. The van der Waals surface area contributed by atoms with Gasteiger partial charge >= 0.3 is 0 Å². The van der Waals surface area contributed by atoms with E-state index in [1.54, 1.807) is 0 Å². The average Bonchev–Trinajstić information content (AvgIpc) is 2.15. The maximum absolute atomic E-state index is 9.63. The van der Waals surface area contributed by atoms with Crippen molar-refractivity contribution in [1.82, 2.24) is 10.2 Å². The predicted octanol–water partition coefficient (Wildman–Crippen LogP) is -2.30. The summed E-state index contributed by atoms with van der Waals surface area (Å²) >= 11 is 0. The zero-order valence-corrected chi connectivity index (χ0v) is 7.43. The number of nitrogens with one attached hydrogen (secondary N) is 1. The molecule has 5 nitrogen and oxygen atoms in total. The van der Waals surface area contributed by atoms with Gasteiger partial charge in [0.25, 0.3) is 0 Å². The van der Waals surface area contributed by atoms with Crippen molar-refractivity contribution >= 4 is 0 Å². The van der Waals surface area contributed by atoms with Crippen LogP contribution in [-0.4, -0.2) is 64.3 Å². The molecular formula is C8H16N2O3. The second-order valence-electron chi connectivity index (χ2n) is 3.80. The maximum atomic E-state index is 9.63. The van der Waals surface area contributed by atoms with E-state index in [-0.39, 0.29) is 6.17 Å². The van der Waals surface area contributed by atoms with Crippen molar-refractivity contribution in [3.8, 4) is 0 Å². The fraction of sp³-hybridized carbons (Fsp3) is 1.00. The van der Waals surface area contributed by atoms with Gasteiger partial charge in [-0.05, 0) is 13.0 Å². The van der Waals surface area contributed by atoms with Gasteiger partial charge in [0, 0.05) is 13.1 Å². The van der Waals surface area contributed by atoms with E-state index in [1.165, 1.54) is 0 Å². The normalized spacial score (nSPS) is 47.3. The van der Waals surface area contributed by atoms with E-state index in [0.29, 0.717) is 6.54 Å². The summed E-state index contributed by atoms with van der Waals surface area (Å²) in [6.45, 7) is 2.18. The van der Waals surface area contributed by atoms with Gasteiger partial charge in [-0.25, -0.2) is 0 Å². The van der Waals surface area contributed by atoms with Gasteiger partial charge < -0.3 is 15.3 Å². The molecule has 76 valence electrons. The molecule has 0 unspecified atom stereocenters. The van der Waals surface area contributed by atoms with Crippen LogP contribution in [0, 0.1) is 0 Å². The first-order valence-corrected chi connectivity index (χ1v) is 4.72. The summed E-state index contributed by atoms with van der Waals surface area (Å²) in [4.78, 5) is 1.98. The van der Waals surface area contributed by atoms with Crippen molar-refractivity contribution in [2.24, 2.45) is 0 Å². The molecule has 0 saturated carbocycles. The van der Waals surface area contributed by atoms with Crippen molar-refractivity contribution in [3.05, 3.63) is 0 Å². The van der Waals surface area contributed by atoms with Crippen LogP contribution in [-0.2, 0) is 0 Å². The Morgan fingerprint density at radius 3 is 2.69 bits per heavy atom. The summed E-state index contributed by atoms with van der Waals surface area (Å²) < 4.78 is 0. The van der Waals surface area contributed by atoms with Gasteiger partial charge in [-0.2, -0.15) is 0 Å². The summed E-state index contributed by atoms with van der Waals surface area (Å²) in [6, 6.07) is 0. The SMILES string of the molecule is O[C@@H]1[C@H](O)[C@H](O)CN2CCCN[C@@H]12. The van der Waals surface area contributed by atoms with Crippen LogP contribution in [0.25, 0.3) is 0 Å². The van der Waals surface area contributed by atoms with Gasteiger partial charge in [0.2, 0.25) is 0 Å². The Kier molecular flexibility index (Phi) is 2.53. The quantitative estimate of drug-likeness (QED) is 0.344. The molecule has 0 bridgehead atoms. The number of hydrogen-bond acceptors (Lipinski definition) is 5. The molecule has 2 heterocycles. The average molecular weight is 188 g/mol. The lowest BCUT2D eigenvalue weighted by Gasteiger charge is -2.46. The number of aliphatic hydroxyl groups is 3. The number of nitrogens with zero attached hydrogens (tertiary/aromatic N) is 1. The first-order chi connectivity index (χ1) is 6.20. The molecule has 2 aliphatic heterocycles. The second kappa shape index (κ2) is 3.51. The number of rotatable bonds is 0. The van der Waals surface area contributed by atoms with Gasteiger partial charge in [-0.1, -0.05) is 0 Å². The van der Waals surface area contributed by atoms with E-state index in [9.17, 15) is 15.3 Å². The molecule has 5 heteroatoms. The van der Waals surface area contributed by atoms with E-state index < -0.39 is 18.3 Å². The molecule has 13 heavy (non-hydrogen) atoms. The van der Waals surface area contributed by atoms with E-state index in [0.717, 1.165) is 19.5 Å². The van der Waals surface area contributed by atoms with E-state index in [4.69, 9.17) is 0 Å². The van der Waals surface area contributed by atoms with Crippen molar-refractivity contribution in [2.75, 3.05) is 19.6 Å². The van der Waals surface area contributed by atoms with Gasteiger partial charge in [0.15, 0.2) is 0 Å². The second-order valence-corrected chi connectivity index (χ2v) is 3.80. The highest BCUT2D eigenvalue weighted by atomic mass is 16.4. The van der Waals surface area contributed by atoms with Crippen LogP contribution in [0.2, 0.25) is 0 Å². The Balaban J connectivity index is 2.08. The number of piperidine rings is 1. The Morgan fingerprint density at radius 1 is 1.15 bits per heavy atom. The molecule has 0 radical (unpaired) electrons. The molecular weight excluding hydrogens is 172 g/mol. The van der Waals surface area contributed by atoms with Crippen LogP contribution in [0.4, 0.5) is 0 Å². The monoisotopic (exact) mass is 188 g/mol. The molecule has 2 rings (SSSR count). The van der Waals surface area contributed by atoms with Crippen molar-refractivity contribution < 1.29 is 15.3 Å². The Bertz CT molecular complexity index is 188. The minimum Gasteiger partial charge on any atom is -0.389 e. The smallest absolute Gasteiger partial charge is 0.111 e. The van der Waals surface area contributed by atoms with Crippen LogP contribution in [0.5, 0.6) is 0 Å². The lowest BCUT2D eigenvalue weighted by Crippen LogP contribution is -2.68. The van der Waals surface area contributed by atoms with E-state index >= 15 is 0 Å². The van der Waals surface area contributed by atoms with Gasteiger partial charge in [-0.3, -0.25) is 10.2 Å². The summed E-state index contributed by atoms with van der Waals surface area (Å²) in [5.41, 5.74) is 0. The largest absolute Gasteiger partial charge is 0.389 e. The topological polar surface area (TPSA) is 76.0 Å². The zero-order chi connectivity index (χ0) is 9.42. The molecule has 4 atom stereocenters. The first-order valence-electron chi connectivity index (χ1n) is 4.72. The molecule has 2 fully saturated rings. The standard InChI is InChI=1S/C8H16N2O3/c11-5-4-10-3-1-2-9-8(10)7(13)6(5)12/h5-9,11-13H,1-4H2/t5-,6-,7-,8-/m1/s1. The van der Waals surface area contributed by atoms with E-state index in [2.05, 4.69) is 5.32 Å². The van der Waals surface area contributed by atoms with Crippen molar-refractivity contribution in [2.45, 2.75) is 30.9 Å². The van der Waals surface area contributed by atoms with Crippen molar-refractivity contribution in [1.29, 1.82) is 0 Å².